The fourth-order valence-electron chi connectivity index (χ4n) is 0.0278. The van der Waals surface area contributed by atoms with Crippen LogP contribution in [0.25, 0.3) is 0 Å². The smallest absolute Gasteiger partial charge is 0.310 e. The minimum absolute atomic E-state index is 0.102. The molecule has 0 aliphatic rings. The zero-order valence-electron chi connectivity index (χ0n) is 3.18. The molecule has 0 rings (SSSR count). The third-order valence-corrected chi connectivity index (χ3v) is 0.263. The summed E-state index contributed by atoms with van der Waals surface area (Å²) in [5.74, 6) is 8.85. The van der Waals surface area contributed by atoms with Gasteiger partial charge in [-0.3, -0.25) is 0 Å². The van der Waals surface area contributed by atoms with Crippen molar-refractivity contribution in [2.45, 2.75) is 0 Å². The molecular formula is C2H6N2O2. The number of hydrogen-bond acceptors (Lipinski definition) is 4. The molecule has 36 valence electrons. The predicted molar refractivity (Wildman–Crippen MR) is 19.7 cm³/mol. The van der Waals surface area contributed by atoms with Gasteiger partial charge in [0.25, 0.3) is 0 Å². The summed E-state index contributed by atoms with van der Waals surface area (Å²) in [5, 5.41) is 0. The lowest BCUT2D eigenvalue weighted by Crippen LogP contribution is -2.05. The van der Waals surface area contributed by atoms with E-state index in [1.54, 1.807) is 0 Å². The molecule has 0 saturated carbocycles. The lowest BCUT2D eigenvalue weighted by Gasteiger charge is -1.94. The third kappa shape index (κ3) is 1.57. The van der Waals surface area contributed by atoms with Crippen LogP contribution in [0.2, 0.25) is 0 Å². The molecule has 0 fully saturated rings. The average molecular weight is 90.1 g/mol. The maximum Gasteiger partial charge on any atom is 0.310 e. The molecule has 0 aromatic heterocycles. The molecule has 0 radical (unpaired) electrons. The van der Waals surface area contributed by atoms with Crippen LogP contribution in [-0.4, -0.2) is 0 Å². The van der Waals surface area contributed by atoms with E-state index in [0.717, 1.165) is 0 Å². The monoisotopic (exact) mass is 90.0 g/mol. The van der Waals surface area contributed by atoms with E-state index in [4.69, 9.17) is 0 Å². The molecule has 0 amide bonds. The summed E-state index contributed by atoms with van der Waals surface area (Å²) < 4.78 is 0. The lowest BCUT2D eigenvalue weighted by atomic mass is 11.1. The minimum atomic E-state index is -0.102. The van der Waals surface area contributed by atoms with Crippen LogP contribution in [-0.2, 0) is 9.68 Å². The van der Waals surface area contributed by atoms with Gasteiger partial charge in [0.2, 0.25) is 0 Å². The molecule has 0 heterocycles. The molecule has 0 aromatic rings. The van der Waals surface area contributed by atoms with E-state index in [1.807, 2.05) is 0 Å². The molecule has 0 aliphatic carbocycles. The van der Waals surface area contributed by atoms with Crippen molar-refractivity contribution in [1.82, 2.24) is 0 Å². The fourth-order valence-corrected chi connectivity index (χ4v) is 0.0278. The van der Waals surface area contributed by atoms with Gasteiger partial charge < -0.3 is 9.68 Å². The van der Waals surface area contributed by atoms with E-state index < -0.39 is 0 Å². The van der Waals surface area contributed by atoms with Gasteiger partial charge in [-0.05, 0) is 6.58 Å². The van der Waals surface area contributed by atoms with Gasteiger partial charge in [-0.15, -0.1) is 0 Å². The molecule has 4 heteroatoms. The minimum Gasteiger partial charge on any atom is -0.373 e. The Balaban J connectivity index is 2.99. The second-order valence-electron chi connectivity index (χ2n) is 0.608. The molecule has 0 spiro atoms. The van der Waals surface area contributed by atoms with Gasteiger partial charge in [-0.1, -0.05) is 0 Å². The Labute approximate surface area is 35.2 Å². The first-order valence-electron chi connectivity index (χ1n) is 1.23. The van der Waals surface area contributed by atoms with Gasteiger partial charge >= 0.3 is 5.95 Å². The molecule has 0 saturated heterocycles. The summed E-state index contributed by atoms with van der Waals surface area (Å²) in [7, 11) is 0. The van der Waals surface area contributed by atoms with E-state index in [1.165, 1.54) is 0 Å². The van der Waals surface area contributed by atoms with E-state index in [-0.39, 0.29) is 5.95 Å². The highest BCUT2D eigenvalue weighted by atomic mass is 16.8. The fraction of sp³-hybridized carbons (Fsp3) is 0. The van der Waals surface area contributed by atoms with Crippen molar-refractivity contribution in [2.75, 3.05) is 0 Å². The Kier molecular flexibility index (Phi) is 2.19. The molecule has 0 atom stereocenters. The quantitative estimate of drug-likeness (QED) is 0.345. The molecule has 0 aromatic carbocycles. The Morgan fingerprint density at radius 1 is 1.33 bits per heavy atom. The van der Waals surface area contributed by atoms with Gasteiger partial charge in [0.15, 0.2) is 0 Å². The topological polar surface area (TPSA) is 70.5 Å². The van der Waals surface area contributed by atoms with Crippen molar-refractivity contribution in [1.29, 1.82) is 0 Å². The normalized spacial score (nSPS) is 7.00. The summed E-state index contributed by atoms with van der Waals surface area (Å²) in [5.41, 5.74) is 0. The summed E-state index contributed by atoms with van der Waals surface area (Å²) in [4.78, 5) is 7.72. The SMILES string of the molecule is C=C(ON)ON. The van der Waals surface area contributed by atoms with Crippen molar-refractivity contribution in [3.05, 3.63) is 12.5 Å². The van der Waals surface area contributed by atoms with Crippen LogP contribution < -0.4 is 11.8 Å². The average Bonchev–Trinajstić information content (AvgIpc) is 1.65. The molecular weight excluding hydrogens is 84.0 g/mol. The summed E-state index contributed by atoms with van der Waals surface area (Å²) >= 11 is 0. The first kappa shape index (κ1) is 5.26. The van der Waals surface area contributed by atoms with Crippen LogP contribution in [0, 0.1) is 0 Å². The van der Waals surface area contributed by atoms with Crippen molar-refractivity contribution < 1.29 is 9.68 Å². The third-order valence-electron chi connectivity index (χ3n) is 0.263. The molecule has 0 bridgehead atoms. The standard InChI is InChI=1S/C2H6N2O2/c1-2(5-3)6-4/h1,3-4H2. The number of nitrogens with two attached hydrogens (primary N) is 2. The largest absolute Gasteiger partial charge is 0.373 e. The van der Waals surface area contributed by atoms with Gasteiger partial charge in [0.1, 0.15) is 0 Å². The Bertz CT molecular complexity index is 47.5. The summed E-state index contributed by atoms with van der Waals surface area (Å²) in [6, 6.07) is 0. The first-order valence-corrected chi connectivity index (χ1v) is 1.23. The first-order chi connectivity index (χ1) is 2.81. The van der Waals surface area contributed by atoms with Crippen LogP contribution >= 0.6 is 0 Å². The highest BCUT2D eigenvalue weighted by Gasteiger charge is 1.80. The van der Waals surface area contributed by atoms with Crippen LogP contribution in [0.15, 0.2) is 12.5 Å². The molecule has 4 nitrogen and oxygen atoms in total. The maximum absolute atomic E-state index is 4.48. The Morgan fingerprint density at radius 3 is 1.67 bits per heavy atom. The molecule has 6 heavy (non-hydrogen) atoms. The van der Waals surface area contributed by atoms with Crippen molar-refractivity contribution in [3.8, 4) is 0 Å². The van der Waals surface area contributed by atoms with Gasteiger partial charge in [-0.25, -0.2) is 0 Å². The zero-order chi connectivity index (χ0) is 4.99. The Hall–Kier alpha value is -0.740. The molecule has 0 aliphatic heterocycles. The molecule has 0 unspecified atom stereocenters. The van der Waals surface area contributed by atoms with Gasteiger partial charge in [-0.2, -0.15) is 11.8 Å². The Morgan fingerprint density at radius 2 is 1.67 bits per heavy atom. The highest BCUT2D eigenvalue weighted by molar-refractivity contribution is 4.61. The summed E-state index contributed by atoms with van der Waals surface area (Å²) in [6.07, 6.45) is 0. The second kappa shape index (κ2) is 2.49. The van der Waals surface area contributed by atoms with Crippen LogP contribution in [0.4, 0.5) is 0 Å². The summed E-state index contributed by atoms with van der Waals surface area (Å²) in [6.45, 7) is 3.10. The van der Waals surface area contributed by atoms with Crippen molar-refractivity contribution in [3.63, 3.8) is 0 Å². The molecule has 4 N–H and O–H groups in total. The van der Waals surface area contributed by atoms with E-state index in [2.05, 4.69) is 28.0 Å². The van der Waals surface area contributed by atoms with Crippen molar-refractivity contribution >= 4 is 0 Å². The maximum atomic E-state index is 4.48. The number of rotatable bonds is 2. The van der Waals surface area contributed by atoms with Gasteiger partial charge in [0.05, 0.1) is 0 Å². The van der Waals surface area contributed by atoms with Crippen LogP contribution in [0.1, 0.15) is 0 Å². The van der Waals surface area contributed by atoms with E-state index in [0.29, 0.717) is 0 Å². The van der Waals surface area contributed by atoms with Crippen LogP contribution in [0.5, 0.6) is 0 Å². The highest BCUT2D eigenvalue weighted by Crippen LogP contribution is 1.79. The van der Waals surface area contributed by atoms with Gasteiger partial charge in [0, 0.05) is 0 Å². The van der Waals surface area contributed by atoms with Crippen molar-refractivity contribution in [2.24, 2.45) is 11.8 Å². The van der Waals surface area contributed by atoms with Crippen LogP contribution in [0.3, 0.4) is 0 Å². The lowest BCUT2D eigenvalue weighted by molar-refractivity contribution is 0.0365. The van der Waals surface area contributed by atoms with E-state index in [9.17, 15) is 0 Å². The zero-order valence-corrected chi connectivity index (χ0v) is 3.18. The second-order valence-corrected chi connectivity index (χ2v) is 0.608. The van der Waals surface area contributed by atoms with E-state index >= 15 is 0 Å². The number of hydrogen-bond donors (Lipinski definition) is 2. The predicted octanol–water partition coefficient (Wildman–Crippen LogP) is -0.762.